The molecular formula is C19H20N6OS. The number of thiazole rings is 1. The van der Waals surface area contributed by atoms with Gasteiger partial charge in [-0.05, 0) is 31.0 Å². The zero-order valence-electron chi connectivity index (χ0n) is 14.8. The van der Waals surface area contributed by atoms with Crippen LogP contribution in [0, 0.1) is 5.92 Å². The summed E-state index contributed by atoms with van der Waals surface area (Å²) in [5.74, 6) is 0.921. The zero-order valence-corrected chi connectivity index (χ0v) is 15.7. The van der Waals surface area contributed by atoms with Gasteiger partial charge in [0.15, 0.2) is 5.13 Å². The third kappa shape index (κ3) is 3.44. The average molecular weight is 380 g/mol. The maximum atomic E-state index is 11.8. The SMILES string of the molecule is O=C(Nc1ccc(N2CCN(c3nc4cnccc4s3)CC2)cn1)C1CC1. The Morgan fingerprint density at radius 3 is 2.59 bits per heavy atom. The Morgan fingerprint density at radius 1 is 1.07 bits per heavy atom. The van der Waals surface area contributed by atoms with Gasteiger partial charge in [0, 0.05) is 38.3 Å². The molecule has 0 bridgehead atoms. The summed E-state index contributed by atoms with van der Waals surface area (Å²) in [6, 6.07) is 5.94. The maximum absolute atomic E-state index is 11.8. The lowest BCUT2D eigenvalue weighted by molar-refractivity contribution is -0.117. The average Bonchev–Trinajstić information content (AvgIpc) is 3.47. The molecule has 0 atom stereocenters. The highest BCUT2D eigenvalue weighted by molar-refractivity contribution is 7.22. The molecule has 0 radical (unpaired) electrons. The molecule has 4 heterocycles. The summed E-state index contributed by atoms with van der Waals surface area (Å²) in [5, 5.41) is 3.95. The molecule has 5 rings (SSSR count). The van der Waals surface area contributed by atoms with E-state index in [-0.39, 0.29) is 11.8 Å². The highest BCUT2D eigenvalue weighted by Gasteiger charge is 2.29. The predicted molar refractivity (Wildman–Crippen MR) is 107 cm³/mol. The number of carbonyl (C=O) groups is 1. The Labute approximate surface area is 161 Å². The largest absolute Gasteiger partial charge is 0.367 e. The van der Waals surface area contributed by atoms with Crippen molar-refractivity contribution < 1.29 is 4.79 Å². The first-order chi connectivity index (χ1) is 13.3. The maximum Gasteiger partial charge on any atom is 0.228 e. The molecule has 3 aromatic rings. The number of aromatic nitrogens is 3. The van der Waals surface area contributed by atoms with Crippen molar-refractivity contribution in [2.24, 2.45) is 5.92 Å². The minimum absolute atomic E-state index is 0.0925. The lowest BCUT2D eigenvalue weighted by Crippen LogP contribution is -2.46. The van der Waals surface area contributed by atoms with Crippen LogP contribution in [0.4, 0.5) is 16.6 Å². The molecule has 8 heteroatoms. The van der Waals surface area contributed by atoms with Crippen LogP contribution >= 0.6 is 11.3 Å². The highest BCUT2D eigenvalue weighted by Crippen LogP contribution is 2.31. The summed E-state index contributed by atoms with van der Waals surface area (Å²) in [6.07, 6.45) is 7.48. The van der Waals surface area contributed by atoms with Crippen molar-refractivity contribution in [2.45, 2.75) is 12.8 Å². The fourth-order valence-electron chi connectivity index (χ4n) is 3.28. The second-order valence-electron chi connectivity index (χ2n) is 6.98. The summed E-state index contributed by atoms with van der Waals surface area (Å²) in [7, 11) is 0. The number of piperazine rings is 1. The molecule has 138 valence electrons. The van der Waals surface area contributed by atoms with Gasteiger partial charge in [0.2, 0.25) is 5.91 Å². The third-order valence-electron chi connectivity index (χ3n) is 5.04. The van der Waals surface area contributed by atoms with Gasteiger partial charge in [-0.25, -0.2) is 9.97 Å². The molecular weight excluding hydrogens is 360 g/mol. The first-order valence-electron chi connectivity index (χ1n) is 9.24. The lowest BCUT2D eigenvalue weighted by Gasteiger charge is -2.35. The van der Waals surface area contributed by atoms with Gasteiger partial charge in [0.25, 0.3) is 0 Å². The van der Waals surface area contributed by atoms with Crippen LogP contribution in [-0.2, 0) is 4.79 Å². The molecule has 1 amide bonds. The van der Waals surface area contributed by atoms with Crippen molar-refractivity contribution in [1.29, 1.82) is 0 Å². The Bertz CT molecular complexity index is 927. The van der Waals surface area contributed by atoms with Gasteiger partial charge in [0.1, 0.15) is 11.3 Å². The predicted octanol–water partition coefficient (Wildman–Crippen LogP) is 2.76. The van der Waals surface area contributed by atoms with Gasteiger partial charge in [-0.15, -0.1) is 0 Å². The Balaban J connectivity index is 1.21. The van der Waals surface area contributed by atoms with Crippen molar-refractivity contribution >= 4 is 44.1 Å². The van der Waals surface area contributed by atoms with E-state index in [1.165, 1.54) is 4.70 Å². The number of amides is 1. The number of rotatable bonds is 4. The third-order valence-corrected chi connectivity index (χ3v) is 6.14. The molecule has 0 unspecified atom stereocenters. The van der Waals surface area contributed by atoms with Crippen molar-refractivity contribution in [2.75, 3.05) is 41.3 Å². The standard InChI is InChI=1S/C19H20N6OS/c26-18(13-1-2-13)23-17-4-3-14(11-21-17)24-7-9-25(10-8-24)19-22-15-12-20-6-5-16(15)27-19/h3-6,11-13H,1-2,7-10H2,(H,21,23,26). The fourth-order valence-corrected chi connectivity index (χ4v) is 4.26. The molecule has 3 aromatic heterocycles. The number of anilines is 3. The van der Waals surface area contributed by atoms with Gasteiger partial charge in [-0.2, -0.15) is 0 Å². The number of nitrogens with one attached hydrogen (secondary N) is 1. The van der Waals surface area contributed by atoms with Gasteiger partial charge < -0.3 is 15.1 Å². The molecule has 7 nitrogen and oxygen atoms in total. The minimum Gasteiger partial charge on any atom is -0.367 e. The molecule has 1 N–H and O–H groups in total. The van der Waals surface area contributed by atoms with E-state index >= 15 is 0 Å². The topological polar surface area (TPSA) is 74.2 Å². The summed E-state index contributed by atoms with van der Waals surface area (Å²) in [6.45, 7) is 3.69. The molecule has 2 fully saturated rings. The summed E-state index contributed by atoms with van der Waals surface area (Å²) >= 11 is 1.72. The smallest absolute Gasteiger partial charge is 0.228 e. The van der Waals surface area contributed by atoms with Crippen LogP contribution in [0.15, 0.2) is 36.8 Å². The normalized spacial score (nSPS) is 17.3. The molecule has 0 aromatic carbocycles. The Kier molecular flexibility index (Phi) is 4.12. The van der Waals surface area contributed by atoms with Gasteiger partial charge in [0.05, 0.1) is 22.8 Å². The van der Waals surface area contributed by atoms with Crippen LogP contribution in [0.5, 0.6) is 0 Å². The summed E-state index contributed by atoms with van der Waals surface area (Å²) in [4.78, 5) is 29.7. The number of hydrogen-bond donors (Lipinski definition) is 1. The number of nitrogens with zero attached hydrogens (tertiary/aromatic N) is 5. The quantitative estimate of drug-likeness (QED) is 0.750. The molecule has 27 heavy (non-hydrogen) atoms. The molecule has 0 spiro atoms. The van der Waals surface area contributed by atoms with E-state index in [4.69, 9.17) is 4.98 Å². The van der Waals surface area contributed by atoms with E-state index in [9.17, 15) is 4.79 Å². The van der Waals surface area contributed by atoms with E-state index in [1.807, 2.05) is 36.8 Å². The Morgan fingerprint density at radius 2 is 1.89 bits per heavy atom. The first kappa shape index (κ1) is 16.4. The molecule has 1 aliphatic heterocycles. The van der Waals surface area contributed by atoms with Crippen molar-refractivity contribution in [3.05, 3.63) is 36.8 Å². The van der Waals surface area contributed by atoms with Crippen LogP contribution in [0.2, 0.25) is 0 Å². The second-order valence-corrected chi connectivity index (χ2v) is 7.99. The minimum atomic E-state index is 0.0925. The van der Waals surface area contributed by atoms with Crippen molar-refractivity contribution in [3.8, 4) is 0 Å². The monoisotopic (exact) mass is 380 g/mol. The zero-order chi connectivity index (χ0) is 18.2. The van der Waals surface area contributed by atoms with E-state index in [0.29, 0.717) is 5.82 Å². The van der Waals surface area contributed by atoms with E-state index < -0.39 is 0 Å². The first-order valence-corrected chi connectivity index (χ1v) is 10.1. The van der Waals surface area contributed by atoms with Gasteiger partial charge in [-0.3, -0.25) is 9.78 Å². The summed E-state index contributed by atoms with van der Waals surface area (Å²) < 4.78 is 1.18. The van der Waals surface area contributed by atoms with Gasteiger partial charge in [-0.1, -0.05) is 11.3 Å². The lowest BCUT2D eigenvalue weighted by atomic mass is 10.3. The number of fused-ring (bicyclic) bond motifs is 1. The van der Waals surface area contributed by atoms with Crippen LogP contribution in [0.3, 0.4) is 0 Å². The highest BCUT2D eigenvalue weighted by atomic mass is 32.1. The summed E-state index contributed by atoms with van der Waals surface area (Å²) in [5.41, 5.74) is 2.06. The molecule has 2 aliphatic rings. The van der Waals surface area contributed by atoms with E-state index in [0.717, 1.165) is 55.4 Å². The van der Waals surface area contributed by atoms with Crippen LogP contribution < -0.4 is 15.1 Å². The molecule has 1 saturated carbocycles. The fraction of sp³-hybridized carbons (Fsp3) is 0.368. The molecule has 1 saturated heterocycles. The Hall–Kier alpha value is -2.74. The van der Waals surface area contributed by atoms with E-state index in [2.05, 4.69) is 25.1 Å². The van der Waals surface area contributed by atoms with Crippen molar-refractivity contribution in [1.82, 2.24) is 15.0 Å². The van der Waals surface area contributed by atoms with Crippen LogP contribution in [-0.4, -0.2) is 47.0 Å². The number of hydrogen-bond acceptors (Lipinski definition) is 7. The second kappa shape index (κ2) is 6.77. The van der Waals surface area contributed by atoms with Crippen LogP contribution in [0.1, 0.15) is 12.8 Å². The molecule has 1 aliphatic carbocycles. The van der Waals surface area contributed by atoms with Gasteiger partial charge >= 0.3 is 0 Å². The number of carbonyl (C=O) groups excluding carboxylic acids is 1. The van der Waals surface area contributed by atoms with Crippen LogP contribution in [0.25, 0.3) is 10.2 Å². The van der Waals surface area contributed by atoms with E-state index in [1.54, 1.807) is 11.3 Å². The number of pyridine rings is 2. The van der Waals surface area contributed by atoms with Crippen molar-refractivity contribution in [3.63, 3.8) is 0 Å².